The number of carbonyl (C=O) groups excluding carboxylic acids is 2. The lowest BCUT2D eigenvalue weighted by molar-refractivity contribution is -0.128. The van der Waals surface area contributed by atoms with Gasteiger partial charge in [0.15, 0.2) is 0 Å². The summed E-state index contributed by atoms with van der Waals surface area (Å²) in [4.78, 5) is 26.4. The van der Waals surface area contributed by atoms with E-state index in [1.807, 2.05) is 13.8 Å². The summed E-state index contributed by atoms with van der Waals surface area (Å²) in [5.74, 6) is -0.422. The van der Waals surface area contributed by atoms with Crippen molar-refractivity contribution in [1.82, 2.24) is 9.21 Å². The Balaban J connectivity index is 1.73. The average Bonchev–Trinajstić information content (AvgIpc) is 3.27. The summed E-state index contributed by atoms with van der Waals surface area (Å²) >= 11 is 6.14. The largest absolute Gasteiger partial charge is 0.342 e. The van der Waals surface area contributed by atoms with Crippen LogP contribution in [0.5, 0.6) is 0 Å². The summed E-state index contributed by atoms with van der Waals surface area (Å²) in [6.45, 7) is 6.01. The summed E-state index contributed by atoms with van der Waals surface area (Å²) in [6.07, 6.45) is 1.83. The number of rotatable bonds is 6. The number of benzene rings is 1. The molecule has 0 saturated carbocycles. The Labute approximate surface area is 171 Å². The minimum absolute atomic E-state index is 0.00204. The van der Waals surface area contributed by atoms with Gasteiger partial charge in [0, 0.05) is 38.3 Å². The molecule has 3 rings (SSSR count). The molecule has 1 atom stereocenters. The zero-order valence-corrected chi connectivity index (χ0v) is 17.7. The van der Waals surface area contributed by atoms with Crippen LogP contribution in [0.1, 0.15) is 33.1 Å². The third-order valence-corrected chi connectivity index (χ3v) is 7.43. The molecule has 7 nitrogen and oxygen atoms in total. The highest BCUT2D eigenvalue weighted by atomic mass is 35.5. The van der Waals surface area contributed by atoms with E-state index in [2.05, 4.69) is 5.32 Å². The molecule has 154 valence electrons. The predicted octanol–water partition coefficient (Wildman–Crippen LogP) is 2.57. The second kappa shape index (κ2) is 8.39. The number of carbonyl (C=O) groups is 2. The lowest BCUT2D eigenvalue weighted by Gasteiger charge is -2.19. The fraction of sp³-hybridized carbons (Fsp3) is 0.579. The van der Waals surface area contributed by atoms with Gasteiger partial charge in [0.05, 0.1) is 10.9 Å². The van der Waals surface area contributed by atoms with E-state index in [-0.39, 0.29) is 28.2 Å². The Kier molecular flexibility index (Phi) is 6.31. The Hall–Kier alpha value is -1.64. The molecule has 1 unspecified atom stereocenters. The van der Waals surface area contributed by atoms with Gasteiger partial charge in [-0.15, -0.1) is 0 Å². The molecule has 28 heavy (non-hydrogen) atoms. The fourth-order valence-corrected chi connectivity index (χ4v) is 5.67. The molecular weight excluding hydrogens is 402 g/mol. The molecule has 0 spiro atoms. The second-order valence-corrected chi connectivity index (χ2v) is 10.2. The topological polar surface area (TPSA) is 86.8 Å². The van der Waals surface area contributed by atoms with E-state index < -0.39 is 15.9 Å². The second-order valence-electron chi connectivity index (χ2n) is 7.84. The zero-order chi connectivity index (χ0) is 20.5. The lowest BCUT2D eigenvalue weighted by Crippen LogP contribution is -2.31. The molecule has 2 aliphatic heterocycles. The minimum Gasteiger partial charge on any atom is -0.342 e. The van der Waals surface area contributed by atoms with E-state index in [1.165, 1.54) is 16.4 Å². The Morgan fingerprint density at radius 2 is 1.96 bits per heavy atom. The van der Waals surface area contributed by atoms with Gasteiger partial charge in [-0.25, -0.2) is 8.42 Å². The van der Waals surface area contributed by atoms with Gasteiger partial charge in [-0.3, -0.25) is 9.59 Å². The van der Waals surface area contributed by atoms with E-state index in [4.69, 9.17) is 11.6 Å². The SMILES string of the molecule is CC(C)CN1CC(C(=O)Nc2ccc(Cl)c(S(=O)(=O)N3CCCC3)c2)CC1=O. The van der Waals surface area contributed by atoms with Crippen LogP contribution in [-0.4, -0.2) is 55.6 Å². The number of halogens is 1. The molecule has 2 amide bonds. The van der Waals surface area contributed by atoms with Crippen LogP contribution in [0.25, 0.3) is 0 Å². The number of hydrogen-bond donors (Lipinski definition) is 1. The molecule has 2 aliphatic rings. The number of anilines is 1. The first-order valence-electron chi connectivity index (χ1n) is 9.57. The normalized spacial score (nSPS) is 20.9. The van der Waals surface area contributed by atoms with Gasteiger partial charge in [0.25, 0.3) is 0 Å². The highest BCUT2D eigenvalue weighted by molar-refractivity contribution is 7.89. The van der Waals surface area contributed by atoms with Crippen molar-refractivity contribution >= 4 is 39.1 Å². The van der Waals surface area contributed by atoms with Crippen LogP contribution >= 0.6 is 11.6 Å². The van der Waals surface area contributed by atoms with E-state index >= 15 is 0 Å². The first-order chi connectivity index (χ1) is 13.2. The van der Waals surface area contributed by atoms with Crippen LogP contribution in [0.3, 0.4) is 0 Å². The third-order valence-electron chi connectivity index (χ3n) is 5.05. The van der Waals surface area contributed by atoms with Crippen LogP contribution < -0.4 is 5.32 Å². The van der Waals surface area contributed by atoms with Crippen LogP contribution in [0.4, 0.5) is 5.69 Å². The maximum Gasteiger partial charge on any atom is 0.244 e. The van der Waals surface area contributed by atoms with Gasteiger partial charge in [0.1, 0.15) is 4.90 Å². The summed E-state index contributed by atoms with van der Waals surface area (Å²) in [6, 6.07) is 4.45. The monoisotopic (exact) mass is 427 g/mol. The number of hydrogen-bond acceptors (Lipinski definition) is 4. The lowest BCUT2D eigenvalue weighted by atomic mass is 10.1. The average molecular weight is 428 g/mol. The van der Waals surface area contributed by atoms with Gasteiger partial charge in [-0.05, 0) is 37.0 Å². The highest BCUT2D eigenvalue weighted by Crippen LogP contribution is 2.30. The van der Waals surface area contributed by atoms with Crippen LogP contribution in [0, 0.1) is 11.8 Å². The fourth-order valence-electron chi connectivity index (χ4n) is 3.66. The maximum atomic E-state index is 12.8. The summed E-state index contributed by atoms with van der Waals surface area (Å²) in [7, 11) is -3.69. The molecule has 0 bridgehead atoms. The summed E-state index contributed by atoms with van der Waals surface area (Å²) < 4.78 is 27.0. The standard InChI is InChI=1S/C19H26ClN3O4S/c1-13(2)11-22-12-14(9-18(22)24)19(25)21-15-5-6-16(20)17(10-15)28(26,27)23-7-3-4-8-23/h5-6,10,13-14H,3-4,7-9,11-12H2,1-2H3,(H,21,25). The smallest absolute Gasteiger partial charge is 0.244 e. The van der Waals surface area contributed by atoms with Crippen molar-refractivity contribution in [2.75, 3.05) is 31.5 Å². The molecule has 1 aromatic carbocycles. The van der Waals surface area contributed by atoms with Crippen molar-refractivity contribution < 1.29 is 18.0 Å². The number of amides is 2. The molecular formula is C19H26ClN3O4S. The number of likely N-dealkylation sites (tertiary alicyclic amines) is 1. The number of nitrogens with one attached hydrogen (secondary N) is 1. The van der Waals surface area contributed by atoms with E-state index in [9.17, 15) is 18.0 Å². The quantitative estimate of drug-likeness (QED) is 0.755. The molecule has 1 aromatic rings. The van der Waals surface area contributed by atoms with Gasteiger partial charge in [-0.1, -0.05) is 25.4 Å². The van der Waals surface area contributed by atoms with Crippen molar-refractivity contribution in [3.63, 3.8) is 0 Å². The van der Waals surface area contributed by atoms with Crippen LogP contribution in [0.2, 0.25) is 5.02 Å². The molecule has 2 heterocycles. The highest BCUT2D eigenvalue weighted by Gasteiger charge is 2.35. The van der Waals surface area contributed by atoms with Crippen molar-refractivity contribution in [2.45, 2.75) is 38.0 Å². The minimum atomic E-state index is -3.69. The molecule has 0 aromatic heterocycles. The predicted molar refractivity (Wildman–Crippen MR) is 108 cm³/mol. The number of sulfonamides is 1. The van der Waals surface area contributed by atoms with Crippen molar-refractivity contribution in [2.24, 2.45) is 11.8 Å². The molecule has 0 aliphatic carbocycles. The first-order valence-corrected chi connectivity index (χ1v) is 11.4. The third kappa shape index (κ3) is 4.50. The Bertz CT molecular complexity index is 866. The van der Waals surface area contributed by atoms with Crippen molar-refractivity contribution in [3.8, 4) is 0 Å². The first kappa shape index (κ1) is 21.1. The Morgan fingerprint density at radius 3 is 2.61 bits per heavy atom. The molecule has 2 fully saturated rings. The number of nitrogens with zero attached hydrogens (tertiary/aromatic N) is 2. The summed E-state index contributed by atoms with van der Waals surface area (Å²) in [5, 5.41) is 2.88. The van der Waals surface area contributed by atoms with Crippen LogP contribution in [0.15, 0.2) is 23.1 Å². The van der Waals surface area contributed by atoms with Gasteiger partial charge >= 0.3 is 0 Å². The molecule has 9 heteroatoms. The maximum absolute atomic E-state index is 12.8. The van der Waals surface area contributed by atoms with Gasteiger partial charge in [0.2, 0.25) is 21.8 Å². The van der Waals surface area contributed by atoms with E-state index in [1.54, 1.807) is 11.0 Å². The molecule has 1 N–H and O–H groups in total. The van der Waals surface area contributed by atoms with Crippen molar-refractivity contribution in [3.05, 3.63) is 23.2 Å². The molecule has 2 saturated heterocycles. The Morgan fingerprint density at radius 1 is 1.29 bits per heavy atom. The van der Waals surface area contributed by atoms with Crippen LogP contribution in [-0.2, 0) is 19.6 Å². The van der Waals surface area contributed by atoms with E-state index in [0.29, 0.717) is 37.8 Å². The van der Waals surface area contributed by atoms with E-state index in [0.717, 1.165) is 12.8 Å². The summed E-state index contributed by atoms with van der Waals surface area (Å²) in [5.41, 5.74) is 0.363. The van der Waals surface area contributed by atoms with Gasteiger partial charge in [-0.2, -0.15) is 4.31 Å². The zero-order valence-electron chi connectivity index (χ0n) is 16.2. The molecule has 0 radical (unpaired) electrons. The van der Waals surface area contributed by atoms with Gasteiger partial charge < -0.3 is 10.2 Å². The van der Waals surface area contributed by atoms with Crippen molar-refractivity contribution in [1.29, 1.82) is 0 Å².